The molecule has 0 aromatic carbocycles. The normalized spacial score (nSPS) is 29.4. The van der Waals surface area contributed by atoms with Gasteiger partial charge < -0.3 is 14.8 Å². The predicted octanol–water partition coefficient (Wildman–Crippen LogP) is 1.09. The van der Waals surface area contributed by atoms with E-state index in [1.54, 1.807) is 0 Å². The molecule has 2 saturated heterocycles. The van der Waals surface area contributed by atoms with Crippen molar-refractivity contribution >= 4 is 5.71 Å². The number of hydrogen-bond acceptors (Lipinski definition) is 4. The highest BCUT2D eigenvalue weighted by Crippen LogP contribution is 2.15. The summed E-state index contributed by atoms with van der Waals surface area (Å²) in [6.07, 6.45) is 4.67. The van der Waals surface area contributed by atoms with Crippen LogP contribution in [-0.4, -0.2) is 48.2 Å². The van der Waals surface area contributed by atoms with Crippen LogP contribution in [0.1, 0.15) is 25.7 Å². The zero-order valence-electron chi connectivity index (χ0n) is 8.48. The summed E-state index contributed by atoms with van der Waals surface area (Å²) < 4.78 is 5.59. The standard InChI is InChI=1S/C10H18N2O2/c13-11-9-3-5-12(6-4-9)8-10-2-1-7-14-10/h10,13H,1-8H2. The van der Waals surface area contributed by atoms with E-state index in [-0.39, 0.29) is 0 Å². The fourth-order valence-electron chi connectivity index (χ4n) is 2.17. The van der Waals surface area contributed by atoms with Crippen molar-refractivity contribution < 1.29 is 9.94 Å². The smallest absolute Gasteiger partial charge is 0.0702 e. The average Bonchev–Trinajstić information content (AvgIpc) is 2.72. The summed E-state index contributed by atoms with van der Waals surface area (Å²) >= 11 is 0. The van der Waals surface area contributed by atoms with Gasteiger partial charge in [0.15, 0.2) is 0 Å². The van der Waals surface area contributed by atoms with E-state index in [9.17, 15) is 0 Å². The molecule has 2 aliphatic rings. The molecule has 0 radical (unpaired) electrons. The third-order valence-electron chi connectivity index (χ3n) is 3.06. The van der Waals surface area contributed by atoms with Crippen LogP contribution in [-0.2, 0) is 4.74 Å². The average molecular weight is 198 g/mol. The summed E-state index contributed by atoms with van der Waals surface area (Å²) in [5.74, 6) is 0. The van der Waals surface area contributed by atoms with Gasteiger partial charge in [0.2, 0.25) is 0 Å². The summed E-state index contributed by atoms with van der Waals surface area (Å²) in [4.78, 5) is 2.41. The van der Waals surface area contributed by atoms with Gasteiger partial charge in [-0.2, -0.15) is 0 Å². The van der Waals surface area contributed by atoms with Crippen molar-refractivity contribution in [1.82, 2.24) is 4.90 Å². The van der Waals surface area contributed by atoms with Crippen LogP contribution in [0.25, 0.3) is 0 Å². The van der Waals surface area contributed by atoms with Crippen LogP contribution in [0.3, 0.4) is 0 Å². The Hall–Kier alpha value is -0.610. The molecule has 1 unspecified atom stereocenters. The molecular weight excluding hydrogens is 180 g/mol. The lowest BCUT2D eigenvalue weighted by Crippen LogP contribution is -2.38. The summed E-state index contributed by atoms with van der Waals surface area (Å²) in [5.41, 5.74) is 0.939. The maximum atomic E-state index is 8.61. The van der Waals surface area contributed by atoms with Crippen molar-refractivity contribution in [3.63, 3.8) is 0 Å². The molecule has 14 heavy (non-hydrogen) atoms. The SMILES string of the molecule is ON=C1CCN(CC2CCCO2)CC1. The van der Waals surface area contributed by atoms with E-state index in [0.29, 0.717) is 6.10 Å². The van der Waals surface area contributed by atoms with E-state index in [0.717, 1.165) is 44.8 Å². The van der Waals surface area contributed by atoms with Crippen LogP contribution < -0.4 is 0 Å². The number of nitrogens with zero attached hydrogens (tertiary/aromatic N) is 2. The predicted molar refractivity (Wildman–Crippen MR) is 53.9 cm³/mol. The fourth-order valence-corrected chi connectivity index (χ4v) is 2.17. The first-order valence-electron chi connectivity index (χ1n) is 5.42. The minimum absolute atomic E-state index is 0.447. The maximum absolute atomic E-state index is 8.61. The molecule has 0 aromatic heterocycles. The van der Waals surface area contributed by atoms with Gasteiger partial charge in [-0.25, -0.2) is 0 Å². The van der Waals surface area contributed by atoms with Crippen molar-refractivity contribution in [2.75, 3.05) is 26.2 Å². The minimum atomic E-state index is 0.447. The van der Waals surface area contributed by atoms with E-state index in [1.807, 2.05) is 0 Å². The van der Waals surface area contributed by atoms with Gasteiger partial charge in [0.1, 0.15) is 0 Å². The van der Waals surface area contributed by atoms with Gasteiger partial charge >= 0.3 is 0 Å². The topological polar surface area (TPSA) is 45.1 Å². The Morgan fingerprint density at radius 2 is 2.21 bits per heavy atom. The minimum Gasteiger partial charge on any atom is -0.411 e. The van der Waals surface area contributed by atoms with E-state index in [2.05, 4.69) is 10.1 Å². The second-order valence-corrected chi connectivity index (χ2v) is 4.10. The number of rotatable bonds is 2. The summed E-state index contributed by atoms with van der Waals surface area (Å²) in [5, 5.41) is 11.9. The Morgan fingerprint density at radius 3 is 2.79 bits per heavy atom. The number of oxime groups is 1. The Labute approximate surface area is 84.5 Å². The van der Waals surface area contributed by atoms with Crippen LogP contribution in [0, 0.1) is 0 Å². The Balaban J connectivity index is 1.72. The number of piperidine rings is 1. The first kappa shape index (κ1) is 9.93. The lowest BCUT2D eigenvalue weighted by molar-refractivity contribution is 0.0727. The van der Waals surface area contributed by atoms with Crippen LogP contribution in [0.2, 0.25) is 0 Å². The van der Waals surface area contributed by atoms with Crippen molar-refractivity contribution in [3.05, 3.63) is 0 Å². The molecule has 2 fully saturated rings. The molecule has 4 heteroatoms. The van der Waals surface area contributed by atoms with Gasteiger partial charge in [0.05, 0.1) is 11.8 Å². The largest absolute Gasteiger partial charge is 0.411 e. The molecular formula is C10H18N2O2. The summed E-state index contributed by atoms with van der Waals surface area (Å²) in [6.45, 7) is 4.01. The van der Waals surface area contributed by atoms with E-state index >= 15 is 0 Å². The monoisotopic (exact) mass is 198 g/mol. The number of ether oxygens (including phenoxy) is 1. The second kappa shape index (κ2) is 4.75. The van der Waals surface area contributed by atoms with E-state index < -0.39 is 0 Å². The Kier molecular flexibility index (Phi) is 3.37. The molecule has 2 rings (SSSR count). The fraction of sp³-hybridized carbons (Fsp3) is 0.900. The molecule has 0 saturated carbocycles. The summed E-state index contributed by atoms with van der Waals surface area (Å²) in [6, 6.07) is 0. The highest BCUT2D eigenvalue weighted by atomic mass is 16.5. The second-order valence-electron chi connectivity index (χ2n) is 4.10. The molecule has 1 N–H and O–H groups in total. The van der Waals surface area contributed by atoms with Gasteiger partial charge in [-0.1, -0.05) is 5.16 Å². The molecule has 2 aliphatic heterocycles. The molecule has 2 heterocycles. The molecule has 1 atom stereocenters. The van der Waals surface area contributed by atoms with Gasteiger partial charge in [-0.15, -0.1) is 0 Å². The molecule has 0 spiro atoms. The maximum Gasteiger partial charge on any atom is 0.0702 e. The number of likely N-dealkylation sites (tertiary alicyclic amines) is 1. The number of hydrogen-bond donors (Lipinski definition) is 1. The van der Waals surface area contributed by atoms with Crippen LogP contribution in [0.4, 0.5) is 0 Å². The van der Waals surface area contributed by atoms with Gasteiger partial charge in [0.25, 0.3) is 0 Å². The van der Waals surface area contributed by atoms with E-state index in [4.69, 9.17) is 9.94 Å². The zero-order chi connectivity index (χ0) is 9.80. The molecule has 0 aromatic rings. The lowest BCUT2D eigenvalue weighted by Gasteiger charge is -2.28. The van der Waals surface area contributed by atoms with Crippen molar-refractivity contribution in [2.24, 2.45) is 5.16 Å². The van der Waals surface area contributed by atoms with Gasteiger partial charge in [-0.05, 0) is 12.8 Å². The molecule has 0 bridgehead atoms. The molecule has 0 amide bonds. The first-order chi connectivity index (χ1) is 6.88. The van der Waals surface area contributed by atoms with Crippen LogP contribution in [0.5, 0.6) is 0 Å². The van der Waals surface area contributed by atoms with Crippen molar-refractivity contribution in [1.29, 1.82) is 0 Å². The highest BCUT2D eigenvalue weighted by Gasteiger charge is 2.21. The van der Waals surface area contributed by atoms with Gasteiger partial charge in [0, 0.05) is 39.1 Å². The van der Waals surface area contributed by atoms with Crippen molar-refractivity contribution in [2.45, 2.75) is 31.8 Å². The molecule has 80 valence electrons. The first-order valence-corrected chi connectivity index (χ1v) is 5.42. The Morgan fingerprint density at radius 1 is 1.43 bits per heavy atom. The quantitative estimate of drug-likeness (QED) is 0.533. The summed E-state index contributed by atoms with van der Waals surface area (Å²) in [7, 11) is 0. The van der Waals surface area contributed by atoms with E-state index in [1.165, 1.54) is 12.8 Å². The lowest BCUT2D eigenvalue weighted by atomic mass is 10.1. The van der Waals surface area contributed by atoms with Crippen molar-refractivity contribution in [3.8, 4) is 0 Å². The van der Waals surface area contributed by atoms with Gasteiger partial charge in [-0.3, -0.25) is 0 Å². The molecule has 4 nitrogen and oxygen atoms in total. The van der Waals surface area contributed by atoms with Crippen LogP contribution in [0.15, 0.2) is 5.16 Å². The van der Waals surface area contributed by atoms with Crippen LogP contribution >= 0.6 is 0 Å². The third-order valence-corrected chi connectivity index (χ3v) is 3.06. The molecule has 0 aliphatic carbocycles. The zero-order valence-corrected chi connectivity index (χ0v) is 8.48. The Bertz CT molecular complexity index is 202. The third kappa shape index (κ3) is 2.45. The highest BCUT2D eigenvalue weighted by molar-refractivity contribution is 5.84.